The van der Waals surface area contributed by atoms with E-state index in [2.05, 4.69) is 5.10 Å². The van der Waals surface area contributed by atoms with E-state index in [-0.39, 0.29) is 22.0 Å². The quantitative estimate of drug-likeness (QED) is 0.671. The number of sulfonamides is 1. The number of esters is 1. The van der Waals surface area contributed by atoms with Crippen molar-refractivity contribution in [2.24, 2.45) is 5.14 Å². The summed E-state index contributed by atoms with van der Waals surface area (Å²) >= 11 is 0. The van der Waals surface area contributed by atoms with Crippen molar-refractivity contribution in [1.82, 2.24) is 9.78 Å². The number of hydrogen-bond acceptors (Lipinski definition) is 5. The summed E-state index contributed by atoms with van der Waals surface area (Å²) in [6, 6.07) is 13.9. The number of nitrogens with two attached hydrogens (primary N) is 1. The molecule has 0 bridgehead atoms. The first-order valence-corrected chi connectivity index (χ1v) is 9.09. The minimum atomic E-state index is -3.91. The molecule has 0 fully saturated rings. The highest BCUT2D eigenvalue weighted by Crippen LogP contribution is 2.26. The molecule has 0 unspecified atom stereocenters. The third-order valence-corrected chi connectivity index (χ3v) is 4.46. The number of ether oxygens (including phenoxy) is 1. The van der Waals surface area contributed by atoms with Gasteiger partial charge in [0.15, 0.2) is 0 Å². The van der Waals surface area contributed by atoms with E-state index >= 15 is 0 Å². The van der Waals surface area contributed by atoms with Crippen molar-refractivity contribution in [3.63, 3.8) is 0 Å². The highest BCUT2D eigenvalue weighted by molar-refractivity contribution is 7.89. The van der Waals surface area contributed by atoms with Crippen molar-refractivity contribution in [1.29, 1.82) is 0 Å². The van der Waals surface area contributed by atoms with E-state index in [1.165, 1.54) is 36.4 Å². The normalized spacial score (nSPS) is 11.6. The van der Waals surface area contributed by atoms with Gasteiger partial charge in [-0.3, -0.25) is 0 Å². The summed E-state index contributed by atoms with van der Waals surface area (Å²) in [5.41, 5.74) is -0.153. The zero-order valence-electron chi connectivity index (χ0n) is 13.6. The molecule has 0 aliphatic rings. The largest absolute Gasteiger partial charge is 0.404 e. The lowest BCUT2D eigenvalue weighted by atomic mass is 10.2. The van der Waals surface area contributed by atoms with Crippen molar-refractivity contribution in [3.05, 3.63) is 71.9 Å². The standard InChI is InChI=1S/C17H13F2N3O4S/c18-16(19)14-10-15(26-17(23)11-4-2-1-3-5-11)22(21-14)12-6-8-13(9-7-12)27(20,24)25/h1-10,16H,(H2,20,24,25). The molecule has 10 heteroatoms. The summed E-state index contributed by atoms with van der Waals surface area (Å²) in [5.74, 6) is -0.985. The summed E-state index contributed by atoms with van der Waals surface area (Å²) in [4.78, 5) is 12.1. The van der Waals surface area contributed by atoms with Gasteiger partial charge in [-0.15, -0.1) is 0 Å². The first-order chi connectivity index (χ1) is 12.8. The molecule has 140 valence electrons. The minimum absolute atomic E-state index is 0.157. The van der Waals surface area contributed by atoms with Crippen LogP contribution in [-0.4, -0.2) is 24.2 Å². The number of aromatic nitrogens is 2. The molecule has 7 nitrogen and oxygen atoms in total. The van der Waals surface area contributed by atoms with Gasteiger partial charge in [0.1, 0.15) is 5.69 Å². The van der Waals surface area contributed by atoms with Gasteiger partial charge in [0.25, 0.3) is 6.43 Å². The Morgan fingerprint density at radius 3 is 2.26 bits per heavy atom. The maximum atomic E-state index is 13.0. The number of carbonyl (C=O) groups is 1. The lowest BCUT2D eigenvalue weighted by Gasteiger charge is -2.08. The fourth-order valence-electron chi connectivity index (χ4n) is 2.25. The molecule has 27 heavy (non-hydrogen) atoms. The van der Waals surface area contributed by atoms with Gasteiger partial charge >= 0.3 is 5.97 Å². The second-order valence-electron chi connectivity index (χ2n) is 5.41. The zero-order valence-corrected chi connectivity index (χ0v) is 14.4. The fraction of sp³-hybridized carbons (Fsp3) is 0.0588. The smallest absolute Gasteiger partial charge is 0.344 e. The number of primary sulfonamides is 1. The first kappa shape index (κ1) is 18.7. The molecule has 0 radical (unpaired) electrons. The second kappa shape index (κ2) is 7.25. The van der Waals surface area contributed by atoms with E-state index in [1.54, 1.807) is 18.2 Å². The molecule has 1 heterocycles. The van der Waals surface area contributed by atoms with Crippen LogP contribution in [0, 0.1) is 0 Å². The fourth-order valence-corrected chi connectivity index (χ4v) is 2.77. The maximum absolute atomic E-state index is 13.0. The lowest BCUT2D eigenvalue weighted by Crippen LogP contribution is -2.13. The molecule has 2 N–H and O–H groups in total. The molecule has 3 aromatic rings. The van der Waals surface area contributed by atoms with Gasteiger partial charge in [-0.05, 0) is 36.4 Å². The molecule has 0 amide bonds. The Bertz CT molecular complexity index is 1070. The molecule has 0 aliphatic heterocycles. The van der Waals surface area contributed by atoms with Crippen molar-refractivity contribution in [2.75, 3.05) is 0 Å². The topological polar surface area (TPSA) is 104 Å². The van der Waals surface area contributed by atoms with E-state index in [4.69, 9.17) is 9.88 Å². The van der Waals surface area contributed by atoms with Crippen LogP contribution in [-0.2, 0) is 10.0 Å². The average Bonchev–Trinajstić information content (AvgIpc) is 3.06. The van der Waals surface area contributed by atoms with E-state index in [0.29, 0.717) is 0 Å². The third-order valence-electron chi connectivity index (χ3n) is 3.54. The zero-order chi connectivity index (χ0) is 19.6. The van der Waals surface area contributed by atoms with Crippen LogP contribution >= 0.6 is 0 Å². The molecule has 3 rings (SSSR count). The van der Waals surface area contributed by atoms with Gasteiger partial charge in [-0.1, -0.05) is 18.2 Å². The predicted molar refractivity (Wildman–Crippen MR) is 91.3 cm³/mol. The number of rotatable bonds is 5. The van der Waals surface area contributed by atoms with Gasteiger partial charge in [-0.2, -0.15) is 5.10 Å². The van der Waals surface area contributed by atoms with Crippen molar-refractivity contribution in [2.45, 2.75) is 11.3 Å². The van der Waals surface area contributed by atoms with Crippen molar-refractivity contribution >= 4 is 16.0 Å². The SMILES string of the molecule is NS(=O)(=O)c1ccc(-n2nc(C(F)F)cc2OC(=O)c2ccccc2)cc1. The van der Waals surface area contributed by atoms with Gasteiger partial charge in [-0.25, -0.2) is 31.8 Å². The highest BCUT2D eigenvalue weighted by atomic mass is 32.2. The highest BCUT2D eigenvalue weighted by Gasteiger charge is 2.20. The Morgan fingerprint density at radius 2 is 1.70 bits per heavy atom. The predicted octanol–water partition coefficient (Wildman–Crippen LogP) is 2.68. The van der Waals surface area contributed by atoms with Crippen LogP contribution in [0.5, 0.6) is 5.88 Å². The summed E-state index contributed by atoms with van der Waals surface area (Å²) in [6.45, 7) is 0. The van der Waals surface area contributed by atoms with Gasteiger partial charge in [0, 0.05) is 6.07 Å². The monoisotopic (exact) mass is 393 g/mol. The third kappa shape index (κ3) is 4.18. The molecule has 0 aliphatic carbocycles. The minimum Gasteiger partial charge on any atom is -0.404 e. The number of alkyl halides is 2. The lowest BCUT2D eigenvalue weighted by molar-refractivity contribution is 0.0723. The van der Waals surface area contributed by atoms with Gasteiger partial charge in [0.05, 0.1) is 16.1 Å². The molecule has 0 saturated heterocycles. The Labute approximate surface area is 153 Å². The molecule has 0 spiro atoms. The molecule has 2 aromatic carbocycles. The summed E-state index contributed by atoms with van der Waals surface area (Å²) in [6.07, 6.45) is -2.89. The number of benzene rings is 2. The molecule has 0 saturated carbocycles. The van der Waals surface area contributed by atoms with Crippen LogP contribution in [0.3, 0.4) is 0 Å². The number of halogens is 2. The van der Waals surface area contributed by atoms with Crippen LogP contribution < -0.4 is 9.88 Å². The first-order valence-electron chi connectivity index (χ1n) is 7.54. The Balaban J connectivity index is 1.98. The summed E-state index contributed by atoms with van der Waals surface area (Å²) in [5, 5.41) is 8.76. The van der Waals surface area contributed by atoms with Crippen molar-refractivity contribution < 1.29 is 26.7 Å². The van der Waals surface area contributed by atoms with Crippen LogP contribution in [0.4, 0.5) is 8.78 Å². The Kier molecular flexibility index (Phi) is 5.02. The van der Waals surface area contributed by atoms with Crippen molar-refractivity contribution in [3.8, 4) is 11.6 Å². The number of nitrogens with zero attached hydrogens (tertiary/aromatic N) is 2. The molecular formula is C17H13F2N3O4S. The summed E-state index contributed by atoms with van der Waals surface area (Å²) in [7, 11) is -3.91. The Hall–Kier alpha value is -3.11. The molecular weight excluding hydrogens is 380 g/mol. The molecule has 0 atom stereocenters. The Morgan fingerprint density at radius 1 is 1.07 bits per heavy atom. The maximum Gasteiger partial charge on any atom is 0.344 e. The van der Waals surface area contributed by atoms with Crippen LogP contribution in [0.15, 0.2) is 65.6 Å². The van der Waals surface area contributed by atoms with Gasteiger partial charge < -0.3 is 4.74 Å². The van der Waals surface area contributed by atoms with Crippen LogP contribution in [0.2, 0.25) is 0 Å². The van der Waals surface area contributed by atoms with E-state index < -0.39 is 28.1 Å². The van der Waals surface area contributed by atoms with E-state index in [0.717, 1.165) is 10.7 Å². The molecule has 1 aromatic heterocycles. The van der Waals surface area contributed by atoms with Crippen LogP contribution in [0.25, 0.3) is 5.69 Å². The van der Waals surface area contributed by atoms with E-state index in [9.17, 15) is 22.0 Å². The van der Waals surface area contributed by atoms with Crippen LogP contribution in [0.1, 0.15) is 22.5 Å². The number of hydrogen-bond donors (Lipinski definition) is 1. The second-order valence-corrected chi connectivity index (χ2v) is 6.98. The number of carbonyl (C=O) groups excluding carboxylic acids is 1. The van der Waals surface area contributed by atoms with E-state index in [1.807, 2.05) is 0 Å². The van der Waals surface area contributed by atoms with Gasteiger partial charge in [0.2, 0.25) is 15.9 Å². The summed E-state index contributed by atoms with van der Waals surface area (Å²) < 4.78 is 54.9. The average molecular weight is 393 g/mol.